The van der Waals surface area contributed by atoms with E-state index < -0.39 is 15.1 Å². The van der Waals surface area contributed by atoms with Crippen LogP contribution in [-0.4, -0.2) is 53.6 Å². The lowest BCUT2D eigenvalue weighted by Gasteiger charge is -2.15. The maximum Gasteiger partial charge on any atom is 0.272 e. The number of nitrogens with zero attached hydrogens (tertiary/aromatic N) is 3. The van der Waals surface area contributed by atoms with Gasteiger partial charge >= 0.3 is 0 Å². The molecule has 1 fully saturated rings. The number of rotatable bonds is 3. The molecule has 1 aliphatic heterocycles. The Morgan fingerprint density at radius 1 is 1.26 bits per heavy atom. The van der Waals surface area contributed by atoms with Crippen LogP contribution in [0.5, 0.6) is 0 Å². The van der Waals surface area contributed by atoms with E-state index in [4.69, 9.17) is 0 Å². The van der Waals surface area contributed by atoms with Gasteiger partial charge in [0.15, 0.2) is 9.84 Å². The maximum atomic E-state index is 12.7. The van der Waals surface area contributed by atoms with Crippen LogP contribution in [0, 0.1) is 0 Å². The van der Waals surface area contributed by atoms with Crippen LogP contribution >= 0.6 is 0 Å². The first kappa shape index (κ1) is 15.7. The van der Waals surface area contributed by atoms with Crippen molar-refractivity contribution in [3.63, 3.8) is 0 Å². The molecular weight excluding hydrogens is 314 g/mol. The van der Waals surface area contributed by atoms with Gasteiger partial charge in [0.1, 0.15) is 5.69 Å². The van der Waals surface area contributed by atoms with E-state index in [1.165, 1.54) is 6.26 Å². The van der Waals surface area contributed by atoms with Gasteiger partial charge in [0.25, 0.3) is 5.91 Å². The molecule has 0 saturated carbocycles. The summed E-state index contributed by atoms with van der Waals surface area (Å²) >= 11 is 0. The zero-order valence-electron chi connectivity index (χ0n) is 13.1. The number of aryl methyl sites for hydroxylation is 1. The monoisotopic (exact) mass is 333 g/mol. The number of hydrogen-bond donors (Lipinski definition) is 0. The van der Waals surface area contributed by atoms with Crippen molar-refractivity contribution in [3.8, 4) is 11.3 Å². The molecule has 0 bridgehead atoms. The second-order valence-electron chi connectivity index (χ2n) is 5.90. The minimum absolute atomic E-state index is 0.173. The molecule has 1 aliphatic rings. The molecule has 1 unspecified atom stereocenters. The Bertz CT molecular complexity index is 828. The second-order valence-corrected chi connectivity index (χ2v) is 8.22. The molecule has 7 heteroatoms. The number of carbonyl (C=O) groups excluding carboxylic acids is 1. The molecule has 2 heterocycles. The van der Waals surface area contributed by atoms with E-state index in [0.717, 1.165) is 11.3 Å². The molecule has 0 N–H and O–H groups in total. The van der Waals surface area contributed by atoms with Crippen LogP contribution in [0.2, 0.25) is 0 Å². The molecule has 1 aromatic heterocycles. The van der Waals surface area contributed by atoms with E-state index in [-0.39, 0.29) is 12.5 Å². The molecule has 1 amide bonds. The van der Waals surface area contributed by atoms with Crippen molar-refractivity contribution in [2.75, 3.05) is 19.3 Å². The van der Waals surface area contributed by atoms with Gasteiger partial charge in [0, 0.05) is 32.0 Å². The first-order valence-corrected chi connectivity index (χ1v) is 9.39. The highest BCUT2D eigenvalue weighted by Gasteiger charge is 2.33. The molecule has 2 aromatic rings. The molecule has 1 atom stereocenters. The van der Waals surface area contributed by atoms with Crippen LogP contribution in [0.3, 0.4) is 0 Å². The Kier molecular flexibility index (Phi) is 3.97. The van der Waals surface area contributed by atoms with Crippen molar-refractivity contribution in [1.82, 2.24) is 14.7 Å². The van der Waals surface area contributed by atoms with E-state index in [9.17, 15) is 13.2 Å². The Morgan fingerprint density at radius 3 is 2.57 bits per heavy atom. The summed E-state index contributed by atoms with van der Waals surface area (Å²) in [5.74, 6) is -0.173. The summed E-state index contributed by atoms with van der Waals surface area (Å²) < 4.78 is 24.8. The summed E-state index contributed by atoms with van der Waals surface area (Å²) in [4.78, 5) is 14.2. The summed E-state index contributed by atoms with van der Waals surface area (Å²) in [5, 5.41) is 3.93. The summed E-state index contributed by atoms with van der Waals surface area (Å²) in [7, 11) is -1.39. The van der Waals surface area contributed by atoms with Gasteiger partial charge in [-0.25, -0.2) is 8.42 Å². The van der Waals surface area contributed by atoms with E-state index >= 15 is 0 Å². The highest BCUT2D eigenvalue weighted by atomic mass is 32.2. The highest BCUT2D eigenvalue weighted by molar-refractivity contribution is 7.91. The number of carbonyl (C=O) groups is 1. The predicted molar refractivity (Wildman–Crippen MR) is 87.8 cm³/mol. The van der Waals surface area contributed by atoms with Gasteiger partial charge in [0.2, 0.25) is 0 Å². The lowest BCUT2D eigenvalue weighted by Crippen LogP contribution is -2.32. The molecule has 6 nitrogen and oxygen atoms in total. The molecular formula is C16H19N3O3S. The fourth-order valence-corrected chi connectivity index (χ4v) is 3.83. The van der Waals surface area contributed by atoms with Crippen LogP contribution in [0.4, 0.5) is 0 Å². The lowest BCUT2D eigenvalue weighted by atomic mass is 10.1. The van der Waals surface area contributed by atoms with Crippen LogP contribution < -0.4 is 0 Å². The first-order chi connectivity index (χ1) is 10.9. The van der Waals surface area contributed by atoms with Gasteiger partial charge in [-0.2, -0.15) is 5.10 Å². The molecule has 23 heavy (non-hydrogen) atoms. The summed E-state index contributed by atoms with van der Waals surface area (Å²) in [6.07, 6.45) is 1.72. The smallest absolute Gasteiger partial charge is 0.272 e. The zero-order valence-corrected chi connectivity index (χ0v) is 14.0. The quantitative estimate of drug-likeness (QED) is 0.850. The van der Waals surface area contributed by atoms with Crippen LogP contribution in [0.15, 0.2) is 36.4 Å². The van der Waals surface area contributed by atoms with E-state index in [2.05, 4.69) is 5.10 Å². The third-order valence-corrected chi connectivity index (χ3v) is 5.80. The summed E-state index contributed by atoms with van der Waals surface area (Å²) in [6, 6.07) is 11.4. The molecule has 1 aromatic carbocycles. The largest absolute Gasteiger partial charge is 0.336 e. The lowest BCUT2D eigenvalue weighted by molar-refractivity contribution is 0.0782. The normalized spacial score (nSPS) is 18.3. The Morgan fingerprint density at radius 2 is 1.96 bits per heavy atom. The predicted octanol–water partition coefficient (Wildman–Crippen LogP) is 1.35. The molecule has 1 saturated heterocycles. The molecule has 0 radical (unpaired) electrons. The van der Waals surface area contributed by atoms with Gasteiger partial charge in [-0.15, -0.1) is 0 Å². The fourth-order valence-electron chi connectivity index (χ4n) is 2.84. The van der Waals surface area contributed by atoms with E-state index in [1.54, 1.807) is 22.7 Å². The number of amides is 1. The maximum absolute atomic E-state index is 12.7. The highest BCUT2D eigenvalue weighted by Crippen LogP contribution is 2.22. The van der Waals surface area contributed by atoms with Gasteiger partial charge in [-0.1, -0.05) is 30.3 Å². The van der Waals surface area contributed by atoms with Crippen molar-refractivity contribution in [1.29, 1.82) is 0 Å². The number of sulfone groups is 1. The van der Waals surface area contributed by atoms with Crippen molar-refractivity contribution >= 4 is 15.7 Å². The number of hydrogen-bond acceptors (Lipinski definition) is 4. The number of benzene rings is 1. The van der Waals surface area contributed by atoms with Gasteiger partial charge in [0.05, 0.1) is 10.9 Å². The van der Waals surface area contributed by atoms with Crippen molar-refractivity contribution in [2.24, 2.45) is 7.05 Å². The van der Waals surface area contributed by atoms with Crippen LogP contribution in [0.25, 0.3) is 11.3 Å². The fraction of sp³-hybridized carbons (Fsp3) is 0.375. The summed E-state index contributed by atoms with van der Waals surface area (Å²) in [5.41, 5.74) is 2.14. The zero-order chi connectivity index (χ0) is 16.6. The standard InChI is InChI=1S/C16H19N3O3S/c1-18-15(10-14(17-18)12-6-4-3-5-7-12)16(20)19-9-8-13(11-19)23(2,21)22/h3-7,10,13H,8-9,11H2,1-2H3. The molecule has 0 aliphatic carbocycles. The average molecular weight is 333 g/mol. The van der Waals surface area contributed by atoms with E-state index in [1.807, 2.05) is 30.3 Å². The van der Waals surface area contributed by atoms with Gasteiger partial charge in [-0.3, -0.25) is 9.48 Å². The van der Waals surface area contributed by atoms with E-state index in [0.29, 0.717) is 18.7 Å². The minimum atomic E-state index is -3.12. The van der Waals surface area contributed by atoms with Crippen molar-refractivity contribution in [3.05, 3.63) is 42.1 Å². The number of likely N-dealkylation sites (tertiary alicyclic amines) is 1. The van der Waals surface area contributed by atoms with Crippen molar-refractivity contribution in [2.45, 2.75) is 11.7 Å². The molecule has 0 spiro atoms. The minimum Gasteiger partial charge on any atom is -0.336 e. The number of aromatic nitrogens is 2. The SMILES string of the molecule is Cn1nc(-c2ccccc2)cc1C(=O)N1CCC(S(C)(=O)=O)C1. The average Bonchev–Trinajstić information content (AvgIpc) is 3.14. The van der Waals surface area contributed by atoms with Crippen molar-refractivity contribution < 1.29 is 13.2 Å². The molecule has 3 rings (SSSR count). The topological polar surface area (TPSA) is 72.3 Å². The first-order valence-electron chi connectivity index (χ1n) is 7.44. The van der Waals surface area contributed by atoms with Gasteiger partial charge < -0.3 is 4.90 Å². The van der Waals surface area contributed by atoms with Crippen LogP contribution in [-0.2, 0) is 16.9 Å². The Hall–Kier alpha value is -2.15. The van der Waals surface area contributed by atoms with Gasteiger partial charge in [-0.05, 0) is 12.5 Å². The second kappa shape index (κ2) is 5.81. The third-order valence-electron chi connectivity index (χ3n) is 4.21. The Labute approximate surface area is 135 Å². The van der Waals surface area contributed by atoms with Crippen LogP contribution in [0.1, 0.15) is 16.9 Å². The molecule has 122 valence electrons. The Balaban J connectivity index is 1.83. The summed E-state index contributed by atoms with van der Waals surface area (Å²) in [6.45, 7) is 0.714. The third kappa shape index (κ3) is 3.14.